The molecule has 1 N–H and O–H groups in total. The van der Waals surface area contributed by atoms with Crippen molar-refractivity contribution in [3.63, 3.8) is 0 Å². The van der Waals surface area contributed by atoms with Crippen molar-refractivity contribution in [1.82, 2.24) is 5.32 Å². The van der Waals surface area contributed by atoms with E-state index in [-0.39, 0.29) is 12.2 Å². The maximum atomic E-state index is 11.1. The van der Waals surface area contributed by atoms with E-state index in [0.29, 0.717) is 13.0 Å². The zero-order chi connectivity index (χ0) is 13.8. The van der Waals surface area contributed by atoms with Gasteiger partial charge in [-0.25, -0.2) is 4.79 Å². The second-order valence-electron chi connectivity index (χ2n) is 4.64. The summed E-state index contributed by atoms with van der Waals surface area (Å²) in [6, 6.07) is 17.4. The molecule has 0 bridgehead atoms. The number of cyclic esters (lactones) is 1. The SMILES string of the molecule is O=C1NCC(Cc2ccccc2Oc2ccccc2)O1. The standard InChI is InChI=1S/C16H15NO3/c18-16-17-11-14(20-16)10-12-6-4-5-9-15(12)19-13-7-2-1-3-8-13/h1-9,14H,10-11H2,(H,17,18). The van der Waals surface area contributed by atoms with Gasteiger partial charge in [0.05, 0.1) is 6.54 Å². The van der Waals surface area contributed by atoms with Gasteiger partial charge in [0.15, 0.2) is 0 Å². The van der Waals surface area contributed by atoms with Crippen LogP contribution in [-0.2, 0) is 11.2 Å². The zero-order valence-electron chi connectivity index (χ0n) is 10.9. The number of hydrogen-bond donors (Lipinski definition) is 1. The molecule has 1 saturated heterocycles. The minimum atomic E-state index is -0.351. The highest BCUT2D eigenvalue weighted by atomic mass is 16.6. The number of benzene rings is 2. The van der Waals surface area contributed by atoms with Crippen LogP contribution in [0, 0.1) is 0 Å². The number of amides is 1. The average Bonchev–Trinajstić information content (AvgIpc) is 2.88. The number of carbonyl (C=O) groups excluding carboxylic acids is 1. The molecule has 4 nitrogen and oxygen atoms in total. The Kier molecular flexibility index (Phi) is 3.54. The molecule has 0 aromatic heterocycles. The summed E-state index contributed by atoms with van der Waals surface area (Å²) in [4.78, 5) is 11.1. The molecule has 2 aromatic rings. The van der Waals surface area contributed by atoms with Gasteiger partial charge in [-0.05, 0) is 23.8 Å². The summed E-state index contributed by atoms with van der Waals surface area (Å²) in [6.07, 6.45) is 0.154. The fraction of sp³-hybridized carbons (Fsp3) is 0.188. The van der Waals surface area contributed by atoms with Gasteiger partial charge in [-0.15, -0.1) is 0 Å². The molecule has 0 saturated carbocycles. The van der Waals surface area contributed by atoms with Crippen LogP contribution in [0.25, 0.3) is 0 Å². The van der Waals surface area contributed by atoms with Crippen molar-refractivity contribution in [3.05, 3.63) is 60.2 Å². The molecule has 0 radical (unpaired) electrons. The first kappa shape index (κ1) is 12.5. The molecule has 1 fully saturated rings. The summed E-state index contributed by atoms with van der Waals surface area (Å²) in [5, 5.41) is 2.66. The van der Waals surface area contributed by atoms with Gasteiger partial charge >= 0.3 is 6.09 Å². The molecular weight excluding hydrogens is 254 g/mol. The fourth-order valence-corrected chi connectivity index (χ4v) is 2.18. The monoisotopic (exact) mass is 269 g/mol. The van der Waals surface area contributed by atoms with Crippen molar-refractivity contribution in [3.8, 4) is 11.5 Å². The molecule has 2 aromatic carbocycles. The third-order valence-corrected chi connectivity index (χ3v) is 3.14. The molecule has 1 atom stereocenters. The number of ether oxygens (including phenoxy) is 2. The van der Waals surface area contributed by atoms with Gasteiger partial charge in [0.25, 0.3) is 0 Å². The molecule has 0 aliphatic carbocycles. The lowest BCUT2D eigenvalue weighted by Crippen LogP contribution is -2.17. The van der Waals surface area contributed by atoms with Gasteiger partial charge in [-0.1, -0.05) is 36.4 Å². The third-order valence-electron chi connectivity index (χ3n) is 3.14. The minimum absolute atomic E-state index is 0.136. The van der Waals surface area contributed by atoms with E-state index in [4.69, 9.17) is 9.47 Å². The van der Waals surface area contributed by atoms with Crippen molar-refractivity contribution in [2.75, 3.05) is 6.54 Å². The molecule has 4 heteroatoms. The maximum Gasteiger partial charge on any atom is 0.407 e. The second kappa shape index (κ2) is 5.65. The van der Waals surface area contributed by atoms with E-state index in [1.807, 2.05) is 54.6 Å². The lowest BCUT2D eigenvalue weighted by Gasteiger charge is -2.13. The van der Waals surface area contributed by atoms with Crippen LogP contribution in [0.2, 0.25) is 0 Å². The lowest BCUT2D eigenvalue weighted by molar-refractivity contribution is 0.140. The van der Waals surface area contributed by atoms with Crippen molar-refractivity contribution in [1.29, 1.82) is 0 Å². The van der Waals surface area contributed by atoms with Crippen LogP contribution in [-0.4, -0.2) is 18.7 Å². The van der Waals surface area contributed by atoms with E-state index in [1.165, 1.54) is 0 Å². The average molecular weight is 269 g/mol. The molecule has 1 amide bonds. The topological polar surface area (TPSA) is 47.6 Å². The summed E-state index contributed by atoms with van der Waals surface area (Å²) in [6.45, 7) is 0.540. The van der Waals surface area contributed by atoms with Crippen LogP contribution in [0.5, 0.6) is 11.5 Å². The Morgan fingerprint density at radius 1 is 1.10 bits per heavy atom. The van der Waals surface area contributed by atoms with Gasteiger partial charge < -0.3 is 14.8 Å². The summed E-state index contributed by atoms with van der Waals surface area (Å²) in [7, 11) is 0. The summed E-state index contributed by atoms with van der Waals surface area (Å²) in [5.74, 6) is 1.59. The van der Waals surface area contributed by atoms with E-state index in [0.717, 1.165) is 17.1 Å². The van der Waals surface area contributed by atoms with Gasteiger partial charge in [0.1, 0.15) is 17.6 Å². The highest BCUT2D eigenvalue weighted by Gasteiger charge is 2.23. The van der Waals surface area contributed by atoms with E-state index in [2.05, 4.69) is 5.32 Å². The first-order valence-electron chi connectivity index (χ1n) is 6.56. The van der Waals surface area contributed by atoms with Gasteiger partial charge in [-0.3, -0.25) is 0 Å². The third kappa shape index (κ3) is 2.91. The number of carbonyl (C=O) groups is 1. The van der Waals surface area contributed by atoms with Gasteiger partial charge in [-0.2, -0.15) is 0 Å². The van der Waals surface area contributed by atoms with Crippen molar-refractivity contribution < 1.29 is 14.3 Å². The second-order valence-corrected chi connectivity index (χ2v) is 4.64. The summed E-state index contributed by atoms with van der Waals surface area (Å²) >= 11 is 0. The van der Waals surface area contributed by atoms with E-state index < -0.39 is 0 Å². The number of alkyl carbamates (subject to hydrolysis) is 1. The van der Waals surface area contributed by atoms with Gasteiger partial charge in [0, 0.05) is 6.42 Å². The normalized spacial score (nSPS) is 17.4. The molecule has 1 aliphatic rings. The van der Waals surface area contributed by atoms with E-state index >= 15 is 0 Å². The molecule has 0 spiro atoms. The Morgan fingerprint density at radius 2 is 1.85 bits per heavy atom. The molecule has 1 heterocycles. The Balaban J connectivity index is 1.76. The first-order chi connectivity index (χ1) is 9.81. The molecule has 102 valence electrons. The highest BCUT2D eigenvalue weighted by Crippen LogP contribution is 2.26. The number of rotatable bonds is 4. The Morgan fingerprint density at radius 3 is 2.60 bits per heavy atom. The smallest absolute Gasteiger partial charge is 0.407 e. The molecule has 20 heavy (non-hydrogen) atoms. The Labute approximate surface area is 117 Å². The Hall–Kier alpha value is -2.49. The number of nitrogens with one attached hydrogen (secondary N) is 1. The van der Waals surface area contributed by atoms with Crippen molar-refractivity contribution in [2.24, 2.45) is 0 Å². The minimum Gasteiger partial charge on any atom is -0.457 e. The van der Waals surface area contributed by atoms with Crippen molar-refractivity contribution in [2.45, 2.75) is 12.5 Å². The molecule has 1 unspecified atom stereocenters. The highest BCUT2D eigenvalue weighted by molar-refractivity contribution is 5.69. The summed E-state index contributed by atoms with van der Waals surface area (Å²) < 4.78 is 11.1. The van der Waals surface area contributed by atoms with Crippen LogP contribution < -0.4 is 10.1 Å². The largest absolute Gasteiger partial charge is 0.457 e. The van der Waals surface area contributed by atoms with Crippen molar-refractivity contribution >= 4 is 6.09 Å². The van der Waals surface area contributed by atoms with Gasteiger partial charge in [0.2, 0.25) is 0 Å². The van der Waals surface area contributed by atoms with Crippen LogP contribution in [0.4, 0.5) is 4.79 Å². The number of hydrogen-bond acceptors (Lipinski definition) is 3. The maximum absolute atomic E-state index is 11.1. The fourth-order valence-electron chi connectivity index (χ4n) is 2.18. The first-order valence-corrected chi connectivity index (χ1v) is 6.56. The molecule has 3 rings (SSSR count). The predicted octanol–water partition coefficient (Wildman–Crippen LogP) is 3.13. The lowest BCUT2D eigenvalue weighted by atomic mass is 10.1. The number of para-hydroxylation sites is 2. The van der Waals surface area contributed by atoms with Crippen LogP contribution in [0.1, 0.15) is 5.56 Å². The van der Waals surface area contributed by atoms with Crippen LogP contribution in [0.15, 0.2) is 54.6 Å². The predicted molar refractivity (Wildman–Crippen MR) is 74.9 cm³/mol. The Bertz CT molecular complexity index is 598. The van der Waals surface area contributed by atoms with E-state index in [1.54, 1.807) is 0 Å². The van der Waals surface area contributed by atoms with Crippen LogP contribution in [0.3, 0.4) is 0 Å². The molecule has 1 aliphatic heterocycles. The zero-order valence-corrected chi connectivity index (χ0v) is 10.9. The summed E-state index contributed by atoms with van der Waals surface area (Å²) in [5.41, 5.74) is 1.03. The molecular formula is C16H15NO3. The van der Waals surface area contributed by atoms with E-state index in [9.17, 15) is 4.79 Å². The quantitative estimate of drug-likeness (QED) is 0.927. The van der Waals surface area contributed by atoms with Crippen LogP contribution >= 0.6 is 0 Å².